The van der Waals surface area contributed by atoms with Crippen molar-refractivity contribution in [3.63, 3.8) is 0 Å². The van der Waals surface area contributed by atoms with Gasteiger partial charge in [0, 0.05) is 65.6 Å². The third kappa shape index (κ3) is 9.18. The smallest absolute Gasteiger partial charge is 0.252 e. The van der Waals surface area contributed by atoms with Crippen molar-refractivity contribution in [2.24, 2.45) is 0 Å². The first-order valence-corrected chi connectivity index (χ1v) is 37.1. The molecular weight excluding hydrogens is 1340 g/mol. The van der Waals surface area contributed by atoms with Crippen LogP contribution in [0.5, 0.6) is 0 Å². The first-order chi connectivity index (χ1) is 64.0. The van der Waals surface area contributed by atoms with E-state index in [1.54, 1.807) is 12.1 Å². The van der Waals surface area contributed by atoms with Gasteiger partial charge in [0.1, 0.15) is 0 Å². The molecule has 2 aliphatic rings. The highest BCUT2D eigenvalue weighted by molar-refractivity contribution is 7.00. The summed E-state index contributed by atoms with van der Waals surface area (Å²) in [6.07, 6.45) is 0. The van der Waals surface area contributed by atoms with Crippen molar-refractivity contribution in [2.45, 2.75) is 26.2 Å². The fourth-order valence-electron chi connectivity index (χ4n) is 18.0. The van der Waals surface area contributed by atoms with Crippen LogP contribution in [0.1, 0.15) is 56.5 Å². The summed E-state index contributed by atoms with van der Waals surface area (Å²) in [7, 11) is 0. The second kappa shape index (κ2) is 24.3. The van der Waals surface area contributed by atoms with E-state index in [2.05, 4.69) is 0 Å². The largest absolute Gasteiger partial charge is 0.309 e. The monoisotopic (exact) mass is 1430 g/mol. The zero-order chi connectivity index (χ0) is 92.5. The Kier molecular flexibility index (Phi) is 9.83. The number of fused-ring (bicyclic) bond motifs is 24. The van der Waals surface area contributed by atoms with Crippen LogP contribution in [0.2, 0.25) is 0 Å². The average molecular weight is 1430 g/mol. The molecule has 0 fully saturated rings. The summed E-state index contributed by atoms with van der Waals surface area (Å²) in [5.74, 6) is 0. The molecule has 0 saturated carbocycles. The van der Waals surface area contributed by atoms with Crippen molar-refractivity contribution >= 4 is 153 Å². The molecular formula is C106H71BN4. The van der Waals surface area contributed by atoms with E-state index >= 15 is 0 Å². The molecule has 0 amide bonds. The molecule has 0 bridgehead atoms. The van der Waals surface area contributed by atoms with Gasteiger partial charge in [-0.1, -0.05) is 348 Å². The number of aromatic nitrogens is 4. The van der Waals surface area contributed by atoms with E-state index < -0.39 is 133 Å². The molecule has 21 aromatic rings. The highest BCUT2D eigenvalue weighted by Crippen LogP contribution is 2.49. The predicted molar refractivity (Wildman–Crippen MR) is 474 cm³/mol. The van der Waals surface area contributed by atoms with Crippen LogP contribution in [0.25, 0.3) is 198 Å². The molecule has 0 spiro atoms. The summed E-state index contributed by atoms with van der Waals surface area (Å²) in [4.78, 5) is 0. The van der Waals surface area contributed by atoms with Crippen molar-refractivity contribution in [2.75, 3.05) is 0 Å². The zero-order valence-electron chi connectivity index (χ0n) is 82.0. The molecule has 0 radical (unpaired) electrons. The third-order valence-corrected chi connectivity index (χ3v) is 22.6. The van der Waals surface area contributed by atoms with Crippen LogP contribution in [-0.2, 0) is 5.41 Å². The van der Waals surface area contributed by atoms with Crippen LogP contribution < -0.4 is 16.4 Å². The lowest BCUT2D eigenvalue weighted by molar-refractivity contribution is 0.589. The van der Waals surface area contributed by atoms with Crippen molar-refractivity contribution in [1.82, 2.24) is 18.3 Å². The lowest BCUT2D eigenvalue weighted by Crippen LogP contribution is -2.60. The second-order valence-corrected chi connectivity index (χ2v) is 29.5. The van der Waals surface area contributed by atoms with Crippen molar-refractivity contribution < 1.29 is 30.2 Å². The van der Waals surface area contributed by atoms with Crippen LogP contribution in [0.15, 0.2) is 376 Å². The molecule has 0 saturated heterocycles. The van der Waals surface area contributed by atoms with Crippen molar-refractivity contribution in [1.29, 1.82) is 0 Å². The fraction of sp³-hybridized carbons (Fsp3) is 0.0377. The molecule has 6 heterocycles. The minimum atomic E-state index is -1.77. The molecule has 23 rings (SSSR count). The van der Waals surface area contributed by atoms with E-state index in [-0.39, 0.29) is 122 Å². The Morgan fingerprint density at radius 3 is 0.910 bits per heavy atom. The highest BCUT2D eigenvalue weighted by Gasteiger charge is 2.43. The standard InChI is InChI=1S/C106H71BN4/c1-106(2,3)68-64-97-101-98(65-68)111-103-86(72-39-13-11-37-70(72)67-34-8-5-9-35-67)53-31-55-88(103)78-45-17-15-41-74(78)76-43-19-21-51-84(76)100-96(109-93-58-28-24-48-81(93)82-49-25-29-59-94(82)109)63-61-90(105(100)111)107(101)89-60-62-95(108-91-56-26-22-46-79(91)80-47-23-27-57-92(80)108)99-83-50-20-18-42-75(83)73-40-14-16-44-77(73)87-54-30-52-85(102(87)110(97)104(89)99)71-38-12-10-36-69(71)66-32-6-4-7-33-66/h4-65H,1-3H3/i22D,23D,24D,25D,26D,27D,28D,29D,46D,47D,48D,49D,56D,57D,58D,59D,60D,61D,62D,63D,64D,65D. The fourth-order valence-corrected chi connectivity index (χ4v) is 18.0. The molecule has 2 aliphatic heterocycles. The highest BCUT2D eigenvalue weighted by atomic mass is 15.1. The lowest BCUT2D eigenvalue weighted by Gasteiger charge is -2.38. The van der Waals surface area contributed by atoms with Gasteiger partial charge in [-0.05, 0) is 152 Å². The van der Waals surface area contributed by atoms with Gasteiger partial charge in [0.15, 0.2) is 0 Å². The van der Waals surface area contributed by atoms with Gasteiger partial charge in [-0.25, -0.2) is 0 Å². The van der Waals surface area contributed by atoms with Gasteiger partial charge in [0.25, 0.3) is 6.71 Å². The van der Waals surface area contributed by atoms with Crippen LogP contribution in [0.4, 0.5) is 0 Å². The Labute approximate surface area is 673 Å². The minimum absolute atomic E-state index is 0.0220. The minimum Gasteiger partial charge on any atom is -0.309 e. The first kappa shape index (κ1) is 45.0. The quantitative estimate of drug-likeness (QED) is 0.148. The maximum absolute atomic E-state index is 12.1. The van der Waals surface area contributed by atoms with Gasteiger partial charge < -0.3 is 18.3 Å². The molecule has 111 heavy (non-hydrogen) atoms. The van der Waals surface area contributed by atoms with Gasteiger partial charge in [-0.3, -0.25) is 0 Å². The lowest BCUT2D eigenvalue weighted by atomic mass is 9.34. The van der Waals surface area contributed by atoms with Gasteiger partial charge in [0.2, 0.25) is 0 Å². The second-order valence-electron chi connectivity index (χ2n) is 29.5. The molecule has 0 aliphatic carbocycles. The first-order valence-electron chi connectivity index (χ1n) is 48.1. The molecule has 0 unspecified atom stereocenters. The van der Waals surface area contributed by atoms with E-state index in [0.29, 0.717) is 87.1 Å². The van der Waals surface area contributed by atoms with Crippen LogP contribution in [0, 0.1) is 0 Å². The van der Waals surface area contributed by atoms with Gasteiger partial charge in [0.05, 0.1) is 85.7 Å². The molecule has 17 aromatic carbocycles. The van der Waals surface area contributed by atoms with E-state index in [9.17, 15) is 30.2 Å². The van der Waals surface area contributed by atoms with Gasteiger partial charge in [-0.15, -0.1) is 0 Å². The third-order valence-electron chi connectivity index (χ3n) is 22.6. The zero-order valence-corrected chi connectivity index (χ0v) is 60.0. The molecule has 518 valence electrons. The molecule has 5 heteroatoms. The van der Waals surface area contributed by atoms with Gasteiger partial charge in [-0.2, -0.15) is 0 Å². The predicted octanol–water partition coefficient (Wildman–Crippen LogP) is 26.0. The summed E-state index contributed by atoms with van der Waals surface area (Å²) >= 11 is 0. The molecule has 4 aromatic heterocycles. The molecule has 0 N–H and O–H groups in total. The number of nitrogens with zero attached hydrogens (tertiary/aromatic N) is 4. The summed E-state index contributed by atoms with van der Waals surface area (Å²) in [5, 5.41) is 3.94. The van der Waals surface area contributed by atoms with Crippen molar-refractivity contribution in [3.8, 4) is 67.3 Å². The van der Waals surface area contributed by atoms with Crippen molar-refractivity contribution in [3.05, 3.63) is 381 Å². The van der Waals surface area contributed by atoms with E-state index in [1.165, 1.54) is 9.13 Å². The van der Waals surface area contributed by atoms with Crippen LogP contribution in [0.3, 0.4) is 0 Å². The summed E-state index contributed by atoms with van der Waals surface area (Å²) in [6, 6.07) is 63.2. The Hall–Kier alpha value is -14.0. The molecule has 0 atom stereocenters. The Bertz CT molecular complexity index is 8500. The summed E-state index contributed by atoms with van der Waals surface area (Å²) in [6.45, 7) is 3.97. The Balaban J connectivity index is 1.11. The number of para-hydroxylation sites is 6. The van der Waals surface area contributed by atoms with Crippen LogP contribution in [-0.4, -0.2) is 25.0 Å². The summed E-state index contributed by atoms with van der Waals surface area (Å²) < 4.78 is 236. The number of rotatable bonds is 6. The number of hydrogen-bond donors (Lipinski definition) is 0. The van der Waals surface area contributed by atoms with E-state index in [4.69, 9.17) is 0 Å². The van der Waals surface area contributed by atoms with E-state index in [0.717, 1.165) is 22.3 Å². The number of hydrogen-bond acceptors (Lipinski definition) is 0. The average Bonchev–Trinajstić information content (AvgIpc) is 1.53. The van der Waals surface area contributed by atoms with Crippen LogP contribution >= 0.6 is 0 Å². The Morgan fingerprint density at radius 1 is 0.243 bits per heavy atom. The Morgan fingerprint density at radius 2 is 0.541 bits per heavy atom. The molecule has 4 nitrogen and oxygen atoms in total. The van der Waals surface area contributed by atoms with Gasteiger partial charge >= 0.3 is 0 Å². The summed E-state index contributed by atoms with van der Waals surface area (Å²) in [5.41, 5.74) is 3.22. The maximum Gasteiger partial charge on any atom is 0.252 e. The number of benzene rings is 17. The topological polar surface area (TPSA) is 19.7 Å². The SMILES string of the molecule is [2H]c1c2c3c(c([2H])c1C(C)(C)C)-n1c4c(-c5ccccc5-c5ccccc5)cccc4c4ccccc4c4ccccc4c4c(-n5c6c([2H])c([2H])c([2H])c([2H])c6c6c([2H])c([2H])c([2H])c([2H])c65)c([2H])c([2H])c(c41)B3c1c([2H])c([2H])c(-n3c4c([2H])c([2H])c([2H])c([2H])c4c4c([2H])c([2H])c([2H])c([2H])c43)c3c4ccccc4c4ccccc4c4cccc(-c5ccccc5-c5ccccc5)c4n-2c13. The van der Waals surface area contributed by atoms with E-state index in [1.807, 2.05) is 260 Å². The normalized spacial score (nSPS) is 15.2. The maximum atomic E-state index is 12.1.